The molecule has 0 saturated carbocycles. The van der Waals surface area contributed by atoms with Crippen LogP contribution in [0.25, 0.3) is 11.4 Å². The zero-order chi connectivity index (χ0) is 19.2. The van der Waals surface area contributed by atoms with Gasteiger partial charge in [0.05, 0.1) is 23.7 Å². The zero-order valence-electron chi connectivity index (χ0n) is 15.7. The van der Waals surface area contributed by atoms with Gasteiger partial charge in [-0.25, -0.2) is 0 Å². The van der Waals surface area contributed by atoms with Gasteiger partial charge in [-0.05, 0) is 13.8 Å². The minimum absolute atomic E-state index is 0.0206. The lowest BCUT2D eigenvalue weighted by Crippen LogP contribution is -2.58. The van der Waals surface area contributed by atoms with Gasteiger partial charge < -0.3 is 14.4 Å². The van der Waals surface area contributed by atoms with Crippen molar-refractivity contribution >= 4 is 11.6 Å². The second kappa shape index (κ2) is 6.58. The molecule has 3 atom stereocenters. The summed E-state index contributed by atoms with van der Waals surface area (Å²) in [5.41, 5.74) is 0.363. The smallest absolute Gasteiger partial charge is 0.270 e. The molecule has 0 aliphatic carbocycles. The average molecular weight is 373 g/mol. The first-order valence-corrected chi connectivity index (χ1v) is 9.08. The molecule has 0 bridgehead atoms. The molecule has 144 valence electrons. The number of aromatic nitrogens is 3. The topological polar surface area (TPSA) is 95.6 Å². The second-order valence-corrected chi connectivity index (χ2v) is 7.33. The molecule has 9 heteroatoms. The molecule has 2 aliphatic rings. The van der Waals surface area contributed by atoms with E-state index in [1.807, 2.05) is 11.6 Å². The van der Waals surface area contributed by atoms with Crippen LogP contribution in [0.5, 0.6) is 0 Å². The first-order valence-electron chi connectivity index (χ1n) is 9.08. The van der Waals surface area contributed by atoms with E-state index in [9.17, 15) is 10.1 Å². The number of nitro benzene ring substituents is 1. The number of hydrogen-bond acceptors (Lipinski definition) is 7. The Morgan fingerprint density at radius 3 is 2.85 bits per heavy atom. The van der Waals surface area contributed by atoms with E-state index >= 15 is 0 Å². The summed E-state index contributed by atoms with van der Waals surface area (Å²) in [5, 5.41) is 19.7. The van der Waals surface area contributed by atoms with Gasteiger partial charge in [-0.1, -0.05) is 12.1 Å². The number of rotatable bonds is 3. The van der Waals surface area contributed by atoms with Crippen molar-refractivity contribution in [3.63, 3.8) is 0 Å². The second-order valence-electron chi connectivity index (χ2n) is 7.33. The van der Waals surface area contributed by atoms with Gasteiger partial charge in [0.25, 0.3) is 5.69 Å². The maximum Gasteiger partial charge on any atom is 0.270 e. The fraction of sp³-hybridized carbons (Fsp3) is 0.556. The predicted molar refractivity (Wildman–Crippen MR) is 98.6 cm³/mol. The molecule has 2 saturated heterocycles. The zero-order valence-corrected chi connectivity index (χ0v) is 15.7. The Labute approximate surface area is 157 Å². The molecule has 3 heterocycles. The van der Waals surface area contributed by atoms with Crippen LogP contribution in [0.1, 0.15) is 20.3 Å². The summed E-state index contributed by atoms with van der Waals surface area (Å²) in [6.07, 6.45) is 0.915. The van der Waals surface area contributed by atoms with Gasteiger partial charge in [-0.15, -0.1) is 10.2 Å². The van der Waals surface area contributed by atoms with Crippen LogP contribution in [-0.2, 0) is 16.5 Å². The van der Waals surface area contributed by atoms with Crippen LogP contribution in [-0.4, -0.2) is 57.2 Å². The lowest BCUT2D eigenvalue weighted by atomic mass is 9.93. The number of nitrogens with zero attached hydrogens (tertiary/aromatic N) is 5. The molecule has 2 aliphatic heterocycles. The van der Waals surface area contributed by atoms with Gasteiger partial charge in [-0.2, -0.15) is 0 Å². The quantitative estimate of drug-likeness (QED) is 0.601. The van der Waals surface area contributed by atoms with Gasteiger partial charge in [0, 0.05) is 44.3 Å². The summed E-state index contributed by atoms with van der Waals surface area (Å²) in [5.74, 6) is 1.32. The van der Waals surface area contributed by atoms with Crippen LogP contribution in [0.15, 0.2) is 24.3 Å². The van der Waals surface area contributed by atoms with E-state index in [0.717, 1.165) is 12.4 Å². The molecule has 1 spiro atoms. The normalized spacial score (nSPS) is 28.0. The van der Waals surface area contributed by atoms with Gasteiger partial charge in [0.2, 0.25) is 5.95 Å². The van der Waals surface area contributed by atoms with Crippen molar-refractivity contribution < 1.29 is 14.4 Å². The molecule has 2 aromatic rings. The molecule has 0 N–H and O–H groups in total. The van der Waals surface area contributed by atoms with Crippen LogP contribution in [0, 0.1) is 10.1 Å². The van der Waals surface area contributed by atoms with Crippen molar-refractivity contribution in [2.45, 2.75) is 38.1 Å². The van der Waals surface area contributed by atoms with E-state index in [0.29, 0.717) is 31.1 Å². The van der Waals surface area contributed by atoms with Crippen molar-refractivity contribution in [2.75, 3.05) is 24.6 Å². The minimum Gasteiger partial charge on any atom is -0.375 e. The number of nitro groups is 1. The third kappa shape index (κ3) is 3.06. The molecule has 1 aromatic heterocycles. The SMILES string of the molecule is C[C@@H]1CN(c2nnc(-c3cccc([N+](=O)[O-])c3)n2C)C[C@@]2(CCO[C@@H]2C)O1. The van der Waals surface area contributed by atoms with Crippen LogP contribution in [0.3, 0.4) is 0 Å². The van der Waals surface area contributed by atoms with Crippen LogP contribution in [0.4, 0.5) is 11.6 Å². The van der Waals surface area contributed by atoms with E-state index in [4.69, 9.17) is 9.47 Å². The number of benzene rings is 1. The molecule has 4 rings (SSSR count). The Balaban J connectivity index is 1.66. The Morgan fingerprint density at radius 2 is 2.15 bits per heavy atom. The van der Waals surface area contributed by atoms with Gasteiger partial charge in [0.1, 0.15) is 5.60 Å². The maximum absolute atomic E-state index is 11.1. The monoisotopic (exact) mass is 373 g/mol. The van der Waals surface area contributed by atoms with Crippen molar-refractivity contribution in [2.24, 2.45) is 7.05 Å². The highest BCUT2D eigenvalue weighted by molar-refractivity contribution is 5.61. The lowest BCUT2D eigenvalue weighted by Gasteiger charge is -2.45. The predicted octanol–water partition coefficient (Wildman–Crippen LogP) is 2.16. The maximum atomic E-state index is 11.1. The largest absolute Gasteiger partial charge is 0.375 e. The van der Waals surface area contributed by atoms with E-state index in [1.165, 1.54) is 12.1 Å². The Morgan fingerprint density at radius 1 is 1.33 bits per heavy atom. The summed E-state index contributed by atoms with van der Waals surface area (Å²) in [6, 6.07) is 6.45. The number of anilines is 1. The van der Waals surface area contributed by atoms with Crippen molar-refractivity contribution in [3.8, 4) is 11.4 Å². The molecule has 0 amide bonds. The van der Waals surface area contributed by atoms with Crippen LogP contribution >= 0.6 is 0 Å². The standard InChI is InChI=1S/C18H23N5O4/c1-12-10-22(11-18(27-12)7-8-26-13(18)2)17-20-19-16(21(17)3)14-5-4-6-15(9-14)23(24)25/h4-6,9,12-13H,7-8,10-11H2,1-3H3/t12-,13-,18-/m1/s1. The molecular weight excluding hydrogens is 350 g/mol. The number of ether oxygens (including phenoxy) is 2. The third-order valence-corrected chi connectivity index (χ3v) is 5.46. The van der Waals surface area contributed by atoms with E-state index in [1.54, 1.807) is 12.1 Å². The Kier molecular flexibility index (Phi) is 4.35. The van der Waals surface area contributed by atoms with E-state index < -0.39 is 4.92 Å². The van der Waals surface area contributed by atoms with Crippen molar-refractivity contribution in [1.82, 2.24) is 14.8 Å². The molecule has 0 radical (unpaired) electrons. The highest BCUT2D eigenvalue weighted by Crippen LogP contribution is 2.36. The summed E-state index contributed by atoms with van der Waals surface area (Å²) < 4.78 is 13.9. The number of hydrogen-bond donors (Lipinski definition) is 0. The fourth-order valence-corrected chi connectivity index (χ4v) is 4.06. The summed E-state index contributed by atoms with van der Waals surface area (Å²) in [6.45, 7) is 6.18. The number of non-ortho nitro benzene ring substituents is 1. The van der Waals surface area contributed by atoms with Gasteiger partial charge in [0.15, 0.2) is 5.82 Å². The molecule has 0 unspecified atom stereocenters. The molecule has 9 nitrogen and oxygen atoms in total. The first kappa shape index (κ1) is 17.9. The third-order valence-electron chi connectivity index (χ3n) is 5.46. The minimum atomic E-state index is -0.407. The van der Waals surface area contributed by atoms with E-state index in [-0.39, 0.29) is 23.5 Å². The molecular formula is C18H23N5O4. The van der Waals surface area contributed by atoms with Gasteiger partial charge in [-0.3, -0.25) is 14.7 Å². The van der Waals surface area contributed by atoms with Crippen LogP contribution in [0.2, 0.25) is 0 Å². The first-order chi connectivity index (χ1) is 12.9. The highest BCUT2D eigenvalue weighted by atomic mass is 16.6. The Bertz CT molecular complexity index is 869. The molecule has 1 aromatic carbocycles. The number of morpholine rings is 1. The summed E-state index contributed by atoms with van der Waals surface area (Å²) in [7, 11) is 1.88. The average Bonchev–Trinajstić information content (AvgIpc) is 3.17. The summed E-state index contributed by atoms with van der Waals surface area (Å²) >= 11 is 0. The van der Waals surface area contributed by atoms with Gasteiger partial charge >= 0.3 is 0 Å². The lowest BCUT2D eigenvalue weighted by molar-refractivity contribution is -0.384. The Hall–Kier alpha value is -2.52. The van der Waals surface area contributed by atoms with E-state index in [2.05, 4.69) is 28.9 Å². The fourth-order valence-electron chi connectivity index (χ4n) is 4.06. The molecule has 27 heavy (non-hydrogen) atoms. The van der Waals surface area contributed by atoms with Crippen LogP contribution < -0.4 is 4.90 Å². The van der Waals surface area contributed by atoms with Crippen molar-refractivity contribution in [3.05, 3.63) is 34.4 Å². The highest BCUT2D eigenvalue weighted by Gasteiger charge is 2.48. The molecule has 2 fully saturated rings. The van der Waals surface area contributed by atoms with Crippen molar-refractivity contribution in [1.29, 1.82) is 0 Å². The summed E-state index contributed by atoms with van der Waals surface area (Å²) in [4.78, 5) is 12.8.